The lowest BCUT2D eigenvalue weighted by Gasteiger charge is -2.25. The monoisotopic (exact) mass is 481 g/mol. The van der Waals surface area contributed by atoms with Crippen molar-refractivity contribution in [1.82, 2.24) is 10.2 Å². The molecule has 0 fully saturated rings. The van der Waals surface area contributed by atoms with Crippen molar-refractivity contribution in [2.24, 2.45) is 0 Å². The van der Waals surface area contributed by atoms with Gasteiger partial charge < -0.3 is 15.0 Å². The summed E-state index contributed by atoms with van der Waals surface area (Å²) in [6.07, 6.45) is 0.786. The van der Waals surface area contributed by atoms with E-state index >= 15 is 0 Å². The number of ether oxygens (including phenoxy) is 1. The van der Waals surface area contributed by atoms with Crippen molar-refractivity contribution >= 4 is 21.6 Å². The Hall–Kier alpha value is -3.36. The van der Waals surface area contributed by atoms with E-state index in [-0.39, 0.29) is 22.4 Å². The molecule has 0 aliphatic carbocycles. The average molecular weight is 482 g/mol. The Morgan fingerprint density at radius 1 is 0.971 bits per heavy atom. The highest BCUT2D eigenvalue weighted by molar-refractivity contribution is 7.92. The summed E-state index contributed by atoms with van der Waals surface area (Å²) in [5.74, 6) is 0.338. The largest absolute Gasteiger partial charge is 0.494 e. The third-order valence-corrected chi connectivity index (χ3v) is 6.75. The Morgan fingerprint density at radius 3 is 2.32 bits per heavy atom. The zero-order valence-electron chi connectivity index (χ0n) is 19.7. The van der Waals surface area contributed by atoms with Gasteiger partial charge in [-0.05, 0) is 75.5 Å². The molecule has 0 aliphatic rings. The van der Waals surface area contributed by atoms with Gasteiger partial charge in [-0.25, -0.2) is 8.42 Å². The summed E-state index contributed by atoms with van der Waals surface area (Å²) in [6, 6.07) is 22.9. The van der Waals surface area contributed by atoms with Crippen molar-refractivity contribution in [3.8, 4) is 5.75 Å². The minimum Gasteiger partial charge on any atom is -0.494 e. The second kappa shape index (κ2) is 11.7. The molecule has 1 unspecified atom stereocenters. The van der Waals surface area contributed by atoms with E-state index in [1.165, 1.54) is 17.7 Å². The van der Waals surface area contributed by atoms with Crippen molar-refractivity contribution in [3.63, 3.8) is 0 Å². The lowest BCUT2D eigenvalue weighted by atomic mass is 10.1. The summed E-state index contributed by atoms with van der Waals surface area (Å²) in [5.41, 5.74) is 1.88. The molecule has 34 heavy (non-hydrogen) atoms. The third-order valence-electron chi connectivity index (χ3n) is 5.37. The zero-order chi connectivity index (χ0) is 24.6. The fraction of sp³-hybridized carbons (Fsp3) is 0.269. The van der Waals surface area contributed by atoms with Crippen LogP contribution in [0.4, 0.5) is 5.69 Å². The highest BCUT2D eigenvalue weighted by atomic mass is 32.2. The Kier molecular flexibility index (Phi) is 8.67. The zero-order valence-corrected chi connectivity index (χ0v) is 20.5. The molecule has 1 amide bonds. The van der Waals surface area contributed by atoms with Crippen molar-refractivity contribution in [2.45, 2.75) is 24.3 Å². The van der Waals surface area contributed by atoms with Crippen LogP contribution in [0.25, 0.3) is 0 Å². The first-order chi connectivity index (χ1) is 16.3. The fourth-order valence-corrected chi connectivity index (χ4v) is 4.54. The Bertz CT molecular complexity index is 1180. The minimum atomic E-state index is -3.86. The maximum atomic E-state index is 12.9. The topological polar surface area (TPSA) is 87.7 Å². The number of anilines is 1. The van der Waals surface area contributed by atoms with Gasteiger partial charge in [0, 0.05) is 23.8 Å². The first-order valence-corrected chi connectivity index (χ1v) is 12.6. The standard InChI is InChI=1S/C26H31N3O4S/c1-4-33-24-15-13-22(14-16-24)28-34(31,32)25-12-8-11-21(18-25)26(30)27-19-23(29(2)3)17-20-9-6-5-7-10-20/h5-16,18,23,28H,4,17,19H2,1-3H3,(H,27,30). The second-order valence-electron chi connectivity index (χ2n) is 8.11. The number of carbonyl (C=O) groups is 1. The first-order valence-electron chi connectivity index (χ1n) is 11.1. The van der Waals surface area contributed by atoms with Crippen LogP contribution >= 0.6 is 0 Å². The van der Waals surface area contributed by atoms with Crippen LogP contribution in [0.2, 0.25) is 0 Å². The maximum absolute atomic E-state index is 12.9. The average Bonchev–Trinajstić information content (AvgIpc) is 2.83. The van der Waals surface area contributed by atoms with Gasteiger partial charge in [0.15, 0.2) is 0 Å². The summed E-state index contributed by atoms with van der Waals surface area (Å²) < 4.78 is 33.7. The van der Waals surface area contributed by atoms with Gasteiger partial charge in [-0.15, -0.1) is 0 Å². The van der Waals surface area contributed by atoms with Crippen LogP contribution < -0.4 is 14.8 Å². The normalized spacial score (nSPS) is 12.2. The molecule has 0 spiro atoms. The number of nitrogens with one attached hydrogen (secondary N) is 2. The molecule has 3 aromatic rings. The van der Waals surface area contributed by atoms with Crippen LogP contribution in [0.3, 0.4) is 0 Å². The van der Waals surface area contributed by atoms with Gasteiger partial charge >= 0.3 is 0 Å². The van der Waals surface area contributed by atoms with Gasteiger partial charge in [0.1, 0.15) is 5.75 Å². The number of sulfonamides is 1. The summed E-state index contributed by atoms with van der Waals surface area (Å²) in [7, 11) is 0.0846. The van der Waals surface area contributed by atoms with E-state index in [1.54, 1.807) is 36.4 Å². The molecular weight excluding hydrogens is 450 g/mol. The Morgan fingerprint density at radius 2 is 1.68 bits per heavy atom. The van der Waals surface area contributed by atoms with Crippen LogP contribution in [-0.4, -0.2) is 52.5 Å². The molecular formula is C26H31N3O4S. The molecule has 0 heterocycles. The van der Waals surface area contributed by atoms with Gasteiger partial charge in [0.05, 0.1) is 11.5 Å². The maximum Gasteiger partial charge on any atom is 0.261 e. The Labute approximate surface area is 201 Å². The van der Waals surface area contributed by atoms with E-state index in [9.17, 15) is 13.2 Å². The van der Waals surface area contributed by atoms with Gasteiger partial charge in [-0.3, -0.25) is 9.52 Å². The molecule has 3 aromatic carbocycles. The van der Waals surface area contributed by atoms with E-state index in [1.807, 2.05) is 39.2 Å². The van der Waals surface area contributed by atoms with Crippen LogP contribution in [0.5, 0.6) is 5.75 Å². The predicted octanol–water partition coefficient (Wildman–Crippen LogP) is 3.79. The number of nitrogens with zero attached hydrogens (tertiary/aromatic N) is 1. The molecule has 0 aliphatic heterocycles. The highest BCUT2D eigenvalue weighted by Gasteiger charge is 2.18. The lowest BCUT2D eigenvalue weighted by molar-refractivity contribution is 0.0941. The molecule has 0 bridgehead atoms. The number of benzene rings is 3. The smallest absolute Gasteiger partial charge is 0.261 e. The van der Waals surface area contributed by atoms with E-state index in [0.29, 0.717) is 24.6 Å². The number of likely N-dealkylation sites (N-methyl/N-ethyl adjacent to an activating group) is 1. The van der Waals surface area contributed by atoms with Crippen molar-refractivity contribution < 1.29 is 17.9 Å². The number of rotatable bonds is 11. The molecule has 7 nitrogen and oxygen atoms in total. The predicted molar refractivity (Wildman–Crippen MR) is 135 cm³/mol. The molecule has 0 radical (unpaired) electrons. The number of amides is 1. The fourth-order valence-electron chi connectivity index (χ4n) is 3.44. The van der Waals surface area contributed by atoms with Gasteiger partial charge in [-0.2, -0.15) is 0 Å². The number of hydrogen-bond donors (Lipinski definition) is 2. The third kappa shape index (κ3) is 7.07. The van der Waals surface area contributed by atoms with Gasteiger partial charge in [0.25, 0.3) is 15.9 Å². The summed E-state index contributed by atoms with van der Waals surface area (Å²) in [6.45, 7) is 2.84. The van der Waals surface area contributed by atoms with Gasteiger partial charge in [-0.1, -0.05) is 36.4 Å². The summed E-state index contributed by atoms with van der Waals surface area (Å²) in [4.78, 5) is 14.9. The van der Waals surface area contributed by atoms with E-state index in [4.69, 9.17) is 4.74 Å². The molecule has 8 heteroatoms. The Balaban J connectivity index is 1.66. The van der Waals surface area contributed by atoms with Crippen molar-refractivity contribution in [2.75, 3.05) is 32.0 Å². The summed E-state index contributed by atoms with van der Waals surface area (Å²) >= 11 is 0. The van der Waals surface area contributed by atoms with Gasteiger partial charge in [0.2, 0.25) is 0 Å². The first kappa shape index (κ1) is 25.3. The second-order valence-corrected chi connectivity index (χ2v) is 9.79. The van der Waals surface area contributed by atoms with E-state index in [0.717, 1.165) is 6.42 Å². The molecule has 1 atom stereocenters. The van der Waals surface area contributed by atoms with E-state index in [2.05, 4.69) is 27.1 Å². The van der Waals surface area contributed by atoms with Crippen LogP contribution in [0.15, 0.2) is 83.8 Å². The SMILES string of the molecule is CCOc1ccc(NS(=O)(=O)c2cccc(C(=O)NCC(Cc3ccccc3)N(C)C)c2)cc1. The van der Waals surface area contributed by atoms with Crippen LogP contribution in [-0.2, 0) is 16.4 Å². The number of hydrogen-bond acceptors (Lipinski definition) is 5. The van der Waals surface area contributed by atoms with Crippen LogP contribution in [0, 0.1) is 0 Å². The summed E-state index contributed by atoms with van der Waals surface area (Å²) in [5, 5.41) is 2.94. The molecule has 3 rings (SSSR count). The molecule has 0 saturated carbocycles. The molecule has 2 N–H and O–H groups in total. The highest BCUT2D eigenvalue weighted by Crippen LogP contribution is 2.20. The lowest BCUT2D eigenvalue weighted by Crippen LogP contribution is -2.41. The number of carbonyl (C=O) groups excluding carboxylic acids is 1. The minimum absolute atomic E-state index is 0.0162. The van der Waals surface area contributed by atoms with Crippen LogP contribution in [0.1, 0.15) is 22.8 Å². The van der Waals surface area contributed by atoms with Crippen molar-refractivity contribution in [1.29, 1.82) is 0 Å². The molecule has 180 valence electrons. The van der Waals surface area contributed by atoms with Crippen molar-refractivity contribution in [3.05, 3.63) is 90.0 Å². The molecule has 0 aromatic heterocycles. The quantitative estimate of drug-likeness (QED) is 0.435. The molecule has 0 saturated heterocycles. The van der Waals surface area contributed by atoms with E-state index < -0.39 is 10.0 Å².